The normalized spacial score (nSPS) is 11.5. The molecule has 17 heavy (non-hydrogen) atoms. The average molecular weight is 291 g/mol. The van der Waals surface area contributed by atoms with E-state index in [4.69, 9.17) is 0 Å². The molecule has 86 valence electrons. The molecule has 0 aromatic heterocycles. The van der Waals surface area contributed by atoms with Gasteiger partial charge in [0.15, 0.2) is 0 Å². The predicted octanol–water partition coefficient (Wildman–Crippen LogP) is 3.75. The van der Waals surface area contributed by atoms with Gasteiger partial charge in [-0.1, -0.05) is 36.4 Å². The SMILES string of the molecule is COC(=O)C(Br)=Cc1ccc2ccccc2c1. The maximum atomic E-state index is 11.2. The second-order valence-corrected chi connectivity index (χ2v) is 4.44. The third kappa shape index (κ3) is 2.74. The van der Waals surface area contributed by atoms with Gasteiger partial charge in [-0.05, 0) is 44.4 Å². The molecule has 0 bridgehead atoms. The van der Waals surface area contributed by atoms with Gasteiger partial charge in [0.2, 0.25) is 0 Å². The Morgan fingerprint density at radius 1 is 1.18 bits per heavy atom. The van der Waals surface area contributed by atoms with Crippen molar-refractivity contribution in [1.29, 1.82) is 0 Å². The molecule has 0 amide bonds. The van der Waals surface area contributed by atoms with E-state index < -0.39 is 0 Å². The van der Waals surface area contributed by atoms with Crippen LogP contribution in [0.25, 0.3) is 16.8 Å². The summed E-state index contributed by atoms with van der Waals surface area (Å²) in [5, 5.41) is 2.32. The van der Waals surface area contributed by atoms with Gasteiger partial charge in [-0.2, -0.15) is 0 Å². The standard InChI is InChI=1S/C14H11BrO2/c1-17-14(16)13(15)9-10-6-7-11-4-2-3-5-12(11)8-10/h2-9H,1H3. The average Bonchev–Trinajstić information content (AvgIpc) is 2.37. The summed E-state index contributed by atoms with van der Waals surface area (Å²) in [5.41, 5.74) is 0.959. The summed E-state index contributed by atoms with van der Waals surface area (Å²) < 4.78 is 5.03. The molecule has 0 N–H and O–H groups in total. The number of fused-ring (bicyclic) bond motifs is 1. The molecular weight excluding hydrogens is 280 g/mol. The Kier molecular flexibility index (Phi) is 3.59. The highest BCUT2D eigenvalue weighted by Gasteiger charge is 2.05. The maximum Gasteiger partial charge on any atom is 0.344 e. The Morgan fingerprint density at radius 2 is 1.88 bits per heavy atom. The summed E-state index contributed by atoms with van der Waals surface area (Å²) in [4.78, 5) is 11.2. The van der Waals surface area contributed by atoms with Crippen molar-refractivity contribution in [3.05, 3.63) is 52.5 Å². The second-order valence-electron chi connectivity index (χ2n) is 3.59. The minimum atomic E-state index is -0.377. The van der Waals surface area contributed by atoms with Gasteiger partial charge in [-0.25, -0.2) is 4.79 Å². The molecule has 2 rings (SSSR count). The number of esters is 1. The van der Waals surface area contributed by atoms with E-state index in [1.165, 1.54) is 12.5 Å². The third-order valence-corrected chi connectivity index (χ3v) is 3.00. The van der Waals surface area contributed by atoms with Crippen LogP contribution in [0.15, 0.2) is 46.9 Å². The van der Waals surface area contributed by atoms with Gasteiger partial charge in [0.1, 0.15) is 4.48 Å². The first-order chi connectivity index (χ1) is 8.20. The number of ether oxygens (including phenoxy) is 1. The van der Waals surface area contributed by atoms with Gasteiger partial charge in [0.05, 0.1) is 7.11 Å². The van der Waals surface area contributed by atoms with E-state index in [-0.39, 0.29) is 5.97 Å². The van der Waals surface area contributed by atoms with Crippen molar-refractivity contribution in [2.24, 2.45) is 0 Å². The van der Waals surface area contributed by atoms with Crippen LogP contribution >= 0.6 is 15.9 Å². The fourth-order valence-corrected chi connectivity index (χ4v) is 2.03. The topological polar surface area (TPSA) is 26.3 Å². The predicted molar refractivity (Wildman–Crippen MR) is 72.9 cm³/mol. The highest BCUT2D eigenvalue weighted by atomic mass is 79.9. The van der Waals surface area contributed by atoms with Crippen molar-refractivity contribution < 1.29 is 9.53 Å². The van der Waals surface area contributed by atoms with Crippen LogP contribution in [0.4, 0.5) is 0 Å². The first-order valence-corrected chi connectivity index (χ1v) is 5.94. The van der Waals surface area contributed by atoms with Crippen LogP contribution in [-0.4, -0.2) is 13.1 Å². The lowest BCUT2D eigenvalue weighted by atomic mass is 10.1. The maximum absolute atomic E-state index is 11.2. The molecule has 0 spiro atoms. The molecule has 0 unspecified atom stereocenters. The van der Waals surface area contributed by atoms with Gasteiger partial charge in [0.25, 0.3) is 0 Å². The Labute approximate surface area is 108 Å². The van der Waals surface area contributed by atoms with Gasteiger partial charge >= 0.3 is 5.97 Å². The lowest BCUT2D eigenvalue weighted by Gasteiger charge is -2.00. The Balaban J connectivity index is 2.40. The molecule has 3 heteroatoms. The summed E-state index contributed by atoms with van der Waals surface area (Å²) in [6.07, 6.45) is 1.75. The monoisotopic (exact) mass is 290 g/mol. The largest absolute Gasteiger partial charge is 0.465 e. The fraction of sp³-hybridized carbons (Fsp3) is 0.0714. The zero-order valence-corrected chi connectivity index (χ0v) is 10.9. The van der Waals surface area contributed by atoms with Crippen LogP contribution in [0, 0.1) is 0 Å². The highest BCUT2D eigenvalue weighted by Crippen LogP contribution is 2.19. The van der Waals surface area contributed by atoms with Gasteiger partial charge < -0.3 is 4.74 Å². The highest BCUT2D eigenvalue weighted by molar-refractivity contribution is 9.12. The van der Waals surface area contributed by atoms with Crippen molar-refractivity contribution in [1.82, 2.24) is 0 Å². The quantitative estimate of drug-likeness (QED) is 0.622. The van der Waals surface area contributed by atoms with Gasteiger partial charge in [-0.15, -0.1) is 0 Å². The third-order valence-electron chi connectivity index (χ3n) is 2.45. The molecule has 0 aliphatic rings. The molecule has 0 heterocycles. The van der Waals surface area contributed by atoms with E-state index >= 15 is 0 Å². The lowest BCUT2D eigenvalue weighted by molar-refractivity contribution is -0.135. The van der Waals surface area contributed by atoms with Crippen molar-refractivity contribution in [2.45, 2.75) is 0 Å². The Morgan fingerprint density at radius 3 is 2.59 bits per heavy atom. The second kappa shape index (κ2) is 5.15. The molecule has 0 fully saturated rings. The minimum absolute atomic E-state index is 0.377. The van der Waals surface area contributed by atoms with Crippen molar-refractivity contribution in [3.63, 3.8) is 0 Å². The number of carbonyl (C=O) groups excluding carboxylic acids is 1. The number of hydrogen-bond acceptors (Lipinski definition) is 2. The molecule has 0 radical (unpaired) electrons. The first-order valence-electron chi connectivity index (χ1n) is 5.15. The van der Waals surface area contributed by atoms with E-state index in [2.05, 4.69) is 26.7 Å². The number of rotatable bonds is 2. The summed E-state index contributed by atoms with van der Waals surface area (Å²) in [7, 11) is 1.36. The van der Waals surface area contributed by atoms with Crippen LogP contribution in [0.5, 0.6) is 0 Å². The van der Waals surface area contributed by atoms with Crippen LogP contribution in [0.2, 0.25) is 0 Å². The number of carbonyl (C=O) groups is 1. The summed E-state index contributed by atoms with van der Waals surface area (Å²) >= 11 is 3.19. The van der Waals surface area contributed by atoms with Crippen LogP contribution < -0.4 is 0 Å². The Hall–Kier alpha value is -1.61. The number of hydrogen-bond donors (Lipinski definition) is 0. The molecule has 2 aromatic carbocycles. The molecule has 0 atom stereocenters. The first kappa shape index (κ1) is 11.9. The summed E-state index contributed by atoms with van der Waals surface area (Å²) in [6.45, 7) is 0. The van der Waals surface area contributed by atoms with Crippen LogP contribution in [-0.2, 0) is 9.53 Å². The van der Waals surface area contributed by atoms with E-state index in [9.17, 15) is 4.79 Å². The molecule has 0 saturated carbocycles. The van der Waals surface area contributed by atoms with Gasteiger partial charge in [-0.3, -0.25) is 0 Å². The van der Waals surface area contributed by atoms with E-state index in [0.29, 0.717) is 4.48 Å². The van der Waals surface area contributed by atoms with E-state index in [0.717, 1.165) is 10.9 Å². The lowest BCUT2D eigenvalue weighted by Crippen LogP contribution is -1.98. The molecule has 0 saturated heterocycles. The summed E-state index contributed by atoms with van der Waals surface area (Å²) in [5.74, 6) is -0.377. The van der Waals surface area contributed by atoms with Crippen LogP contribution in [0.1, 0.15) is 5.56 Å². The number of halogens is 1. The number of methoxy groups -OCH3 is 1. The van der Waals surface area contributed by atoms with Crippen molar-refractivity contribution >= 4 is 38.7 Å². The summed E-state index contributed by atoms with van der Waals surface area (Å²) in [6, 6.07) is 14.1. The zero-order chi connectivity index (χ0) is 12.3. The molecule has 0 aliphatic carbocycles. The van der Waals surface area contributed by atoms with Crippen molar-refractivity contribution in [2.75, 3.05) is 7.11 Å². The smallest absolute Gasteiger partial charge is 0.344 e. The van der Waals surface area contributed by atoms with E-state index in [1.54, 1.807) is 6.08 Å². The fourth-order valence-electron chi connectivity index (χ4n) is 1.60. The molecule has 2 aromatic rings. The zero-order valence-electron chi connectivity index (χ0n) is 9.31. The van der Waals surface area contributed by atoms with Crippen LogP contribution in [0.3, 0.4) is 0 Å². The Bertz CT molecular complexity index is 588. The molecule has 0 aliphatic heterocycles. The molecular formula is C14H11BrO2. The van der Waals surface area contributed by atoms with Crippen molar-refractivity contribution in [3.8, 4) is 0 Å². The van der Waals surface area contributed by atoms with Gasteiger partial charge in [0, 0.05) is 0 Å². The molecule has 2 nitrogen and oxygen atoms in total. The minimum Gasteiger partial charge on any atom is -0.465 e. The van der Waals surface area contributed by atoms with E-state index in [1.807, 2.05) is 36.4 Å². The number of benzene rings is 2.